The van der Waals surface area contributed by atoms with E-state index in [1.54, 1.807) is 11.9 Å². The molecule has 3 rings (SSSR count). The van der Waals surface area contributed by atoms with Crippen LogP contribution in [0.4, 0.5) is 4.39 Å². The lowest BCUT2D eigenvalue weighted by Gasteiger charge is -2.11. The van der Waals surface area contributed by atoms with Gasteiger partial charge in [-0.2, -0.15) is 0 Å². The fraction of sp³-hybridized carbons (Fsp3) is 0.333. The molecule has 6 heteroatoms. The average molecular weight is 444 g/mol. The van der Waals surface area contributed by atoms with Gasteiger partial charge in [-0.15, -0.1) is 11.8 Å². The van der Waals surface area contributed by atoms with Gasteiger partial charge in [0.05, 0.1) is 6.54 Å². The van der Waals surface area contributed by atoms with E-state index in [-0.39, 0.29) is 18.9 Å². The summed E-state index contributed by atoms with van der Waals surface area (Å²) in [6, 6.07) is 15.1. The maximum atomic E-state index is 14.4. The predicted molar refractivity (Wildman–Crippen MR) is 131 cm³/mol. The first kappa shape index (κ1) is 22.9. The zero-order valence-electron chi connectivity index (χ0n) is 18.3. The van der Waals surface area contributed by atoms with Crippen LogP contribution in [0.3, 0.4) is 0 Å². The summed E-state index contributed by atoms with van der Waals surface area (Å²) in [5.41, 5.74) is 9.94. The molecule has 1 aromatic heterocycles. The van der Waals surface area contributed by atoms with Crippen LogP contribution in [0.5, 0.6) is 0 Å². The van der Waals surface area contributed by atoms with Crippen molar-refractivity contribution in [1.82, 2.24) is 8.87 Å². The van der Waals surface area contributed by atoms with Crippen LogP contribution in [0.25, 0.3) is 22.0 Å². The van der Waals surface area contributed by atoms with Gasteiger partial charge in [-0.1, -0.05) is 26.0 Å². The number of nitrogens with zero attached hydrogens (tertiary/aromatic N) is 2. The highest BCUT2D eigenvalue weighted by molar-refractivity contribution is 7.99. The quantitative estimate of drug-likeness (QED) is 0.318. The largest absolute Gasteiger partial charge is 0.337 e. The van der Waals surface area contributed by atoms with E-state index in [2.05, 4.69) is 72.1 Å². The maximum Gasteiger partial charge on any atom is 0.117 e. The van der Waals surface area contributed by atoms with E-state index in [0.717, 1.165) is 27.7 Å². The van der Waals surface area contributed by atoms with Crippen LogP contribution in [0.15, 0.2) is 64.2 Å². The summed E-state index contributed by atoms with van der Waals surface area (Å²) in [5.74, 6) is -0.207. The zero-order chi connectivity index (χ0) is 21.8. The summed E-state index contributed by atoms with van der Waals surface area (Å²) in [5, 5.41) is 1.66. The molecule has 0 unspecified atom stereocenters. The molecule has 1 heterocycles. The number of benzene rings is 2. The van der Waals surface area contributed by atoms with E-state index in [0.29, 0.717) is 5.25 Å². The van der Waals surface area contributed by atoms with E-state index in [1.165, 1.54) is 15.9 Å². The second kappa shape index (κ2) is 10.1. The number of rotatable bonds is 8. The Hall–Kier alpha value is -1.73. The Bertz CT molecular complexity index is 1050. The third-order valence-corrected chi connectivity index (χ3v) is 6.55. The lowest BCUT2D eigenvalue weighted by atomic mass is 10.0. The topological polar surface area (TPSA) is 34.2 Å². The molecule has 0 atom stereocenters. The molecule has 0 radical (unpaired) electrons. The van der Waals surface area contributed by atoms with E-state index in [1.807, 2.05) is 25.9 Å². The van der Waals surface area contributed by atoms with Gasteiger partial charge >= 0.3 is 0 Å². The Labute approximate surface area is 187 Å². The van der Waals surface area contributed by atoms with Crippen LogP contribution in [-0.4, -0.2) is 34.8 Å². The summed E-state index contributed by atoms with van der Waals surface area (Å²) in [6.45, 7) is 6.87. The van der Waals surface area contributed by atoms with Gasteiger partial charge in [0.1, 0.15) is 5.83 Å². The number of nitrogens with two attached hydrogens (primary N) is 1. The molecule has 30 heavy (non-hydrogen) atoms. The summed E-state index contributed by atoms with van der Waals surface area (Å²) in [4.78, 5) is 2.41. The fourth-order valence-corrected chi connectivity index (χ4v) is 5.26. The van der Waals surface area contributed by atoms with Crippen molar-refractivity contribution in [2.45, 2.75) is 42.4 Å². The molecule has 0 aliphatic rings. The Balaban J connectivity index is 2.20. The van der Waals surface area contributed by atoms with Crippen molar-refractivity contribution in [1.29, 1.82) is 0 Å². The molecule has 3 nitrogen and oxygen atoms in total. The molecule has 2 aromatic carbocycles. The highest BCUT2D eigenvalue weighted by Crippen LogP contribution is 2.39. The maximum absolute atomic E-state index is 14.4. The lowest BCUT2D eigenvalue weighted by molar-refractivity contribution is 0.555. The SMILES string of the molecule is Cc1c(-c2cccc(SN(C)C)c2)c2cc(SC(C)C)ccc2n1C/C(F)=C/CN. The monoisotopic (exact) mass is 443 g/mol. The number of allylic oxidation sites excluding steroid dienone is 1. The first-order valence-corrected chi connectivity index (χ1v) is 11.7. The molecule has 0 spiro atoms. The first-order chi connectivity index (χ1) is 14.3. The Morgan fingerprint density at radius 3 is 2.60 bits per heavy atom. The fourth-order valence-electron chi connectivity index (χ4n) is 3.64. The first-order valence-electron chi connectivity index (χ1n) is 10.1. The summed E-state index contributed by atoms with van der Waals surface area (Å²) < 4.78 is 18.6. The van der Waals surface area contributed by atoms with Gasteiger partial charge in [0.25, 0.3) is 0 Å². The Morgan fingerprint density at radius 1 is 1.17 bits per heavy atom. The van der Waals surface area contributed by atoms with Gasteiger partial charge in [-0.25, -0.2) is 4.39 Å². The molecule has 0 bridgehead atoms. The number of halogens is 1. The van der Waals surface area contributed by atoms with E-state index in [9.17, 15) is 4.39 Å². The minimum absolute atomic E-state index is 0.197. The predicted octanol–water partition coefficient (Wildman–Crippen LogP) is 6.50. The third-order valence-electron chi connectivity index (χ3n) is 4.73. The highest BCUT2D eigenvalue weighted by Gasteiger charge is 2.18. The summed E-state index contributed by atoms with van der Waals surface area (Å²) in [6.07, 6.45) is 1.45. The molecular weight excluding hydrogens is 413 g/mol. The standard InChI is InChI=1S/C24H30FN3S2/c1-16(2)29-20-9-10-23-22(14-20)24(17(3)28(23)15-19(25)11-12-26)18-7-6-8-21(13-18)30-27(4)5/h6-11,13-14,16H,12,15,26H2,1-5H3/b19-11-. The molecule has 0 fully saturated rings. The smallest absolute Gasteiger partial charge is 0.117 e. The van der Waals surface area contributed by atoms with Gasteiger partial charge < -0.3 is 10.3 Å². The van der Waals surface area contributed by atoms with Gasteiger partial charge in [0.2, 0.25) is 0 Å². The van der Waals surface area contributed by atoms with Crippen LogP contribution in [0.2, 0.25) is 0 Å². The number of aromatic nitrogens is 1. The van der Waals surface area contributed by atoms with Crippen LogP contribution >= 0.6 is 23.7 Å². The highest BCUT2D eigenvalue weighted by atomic mass is 32.2. The Morgan fingerprint density at radius 2 is 1.93 bits per heavy atom. The van der Waals surface area contributed by atoms with Crippen molar-refractivity contribution in [3.8, 4) is 11.1 Å². The van der Waals surface area contributed by atoms with Crippen LogP contribution < -0.4 is 5.73 Å². The average Bonchev–Trinajstić information content (AvgIpc) is 2.92. The molecular formula is C24H30FN3S2. The molecule has 0 aliphatic carbocycles. The molecule has 0 saturated heterocycles. The van der Waals surface area contributed by atoms with Crippen molar-refractivity contribution >= 4 is 34.6 Å². The van der Waals surface area contributed by atoms with Crippen molar-refractivity contribution < 1.29 is 4.39 Å². The lowest BCUT2D eigenvalue weighted by Crippen LogP contribution is -2.03. The second-order valence-electron chi connectivity index (χ2n) is 7.71. The van der Waals surface area contributed by atoms with Crippen molar-refractivity contribution in [3.05, 3.63) is 60.1 Å². The molecule has 0 amide bonds. The van der Waals surface area contributed by atoms with E-state index in [4.69, 9.17) is 5.73 Å². The van der Waals surface area contributed by atoms with Crippen molar-refractivity contribution in [2.24, 2.45) is 5.73 Å². The van der Waals surface area contributed by atoms with Crippen molar-refractivity contribution in [2.75, 3.05) is 20.6 Å². The number of thioether (sulfide) groups is 1. The van der Waals surface area contributed by atoms with Gasteiger partial charge in [-0.3, -0.25) is 4.31 Å². The van der Waals surface area contributed by atoms with Crippen molar-refractivity contribution in [3.63, 3.8) is 0 Å². The molecule has 3 aromatic rings. The van der Waals surface area contributed by atoms with E-state index < -0.39 is 0 Å². The molecule has 160 valence electrons. The van der Waals surface area contributed by atoms with E-state index >= 15 is 0 Å². The number of hydrogen-bond acceptors (Lipinski definition) is 4. The molecule has 0 saturated carbocycles. The second-order valence-corrected chi connectivity index (χ2v) is 10.7. The minimum atomic E-state index is -0.207. The molecule has 0 aliphatic heterocycles. The Kier molecular flexibility index (Phi) is 7.69. The normalized spacial score (nSPS) is 12.5. The number of hydrogen-bond donors (Lipinski definition) is 1. The van der Waals surface area contributed by atoms with Crippen LogP contribution in [-0.2, 0) is 6.54 Å². The number of fused-ring (bicyclic) bond motifs is 1. The van der Waals surface area contributed by atoms with Crippen LogP contribution in [0, 0.1) is 6.92 Å². The zero-order valence-corrected chi connectivity index (χ0v) is 19.9. The van der Waals surface area contributed by atoms with Gasteiger partial charge in [0.15, 0.2) is 0 Å². The molecule has 2 N–H and O–H groups in total. The van der Waals surface area contributed by atoms with Gasteiger partial charge in [0, 0.05) is 43.7 Å². The van der Waals surface area contributed by atoms with Crippen LogP contribution in [0.1, 0.15) is 19.5 Å². The van der Waals surface area contributed by atoms with Gasteiger partial charge in [-0.05, 0) is 74.9 Å². The minimum Gasteiger partial charge on any atom is -0.337 e. The summed E-state index contributed by atoms with van der Waals surface area (Å²) in [7, 11) is 4.08. The summed E-state index contributed by atoms with van der Waals surface area (Å²) >= 11 is 3.54. The third kappa shape index (κ3) is 5.30.